The minimum Gasteiger partial charge on any atom is -0.378 e. The zero-order valence-electron chi connectivity index (χ0n) is 18.1. The second kappa shape index (κ2) is 9.58. The van der Waals surface area contributed by atoms with E-state index in [1.807, 2.05) is 50.2 Å². The Hall–Kier alpha value is -3.10. The highest BCUT2D eigenvalue weighted by Crippen LogP contribution is 2.32. The largest absolute Gasteiger partial charge is 0.378 e. The molecule has 7 nitrogen and oxygen atoms in total. The topological polar surface area (TPSA) is 79.0 Å². The first-order valence-electron chi connectivity index (χ1n) is 10.5. The Bertz CT molecular complexity index is 1080. The van der Waals surface area contributed by atoms with Crippen molar-refractivity contribution in [2.24, 2.45) is 0 Å². The number of amides is 3. The maximum absolute atomic E-state index is 12.7. The molecule has 32 heavy (non-hydrogen) atoms. The molecule has 2 fully saturated rings. The summed E-state index contributed by atoms with van der Waals surface area (Å²) in [6.45, 7) is 6.76. The predicted octanol–water partition coefficient (Wildman–Crippen LogP) is 3.82. The molecule has 0 radical (unpaired) electrons. The highest BCUT2D eigenvalue weighted by Gasteiger charge is 2.36. The first-order chi connectivity index (χ1) is 15.4. The molecule has 2 aromatic carbocycles. The Kier molecular flexibility index (Phi) is 6.62. The fourth-order valence-corrected chi connectivity index (χ4v) is 4.39. The highest BCUT2D eigenvalue weighted by atomic mass is 32.2. The van der Waals surface area contributed by atoms with E-state index < -0.39 is 17.1 Å². The van der Waals surface area contributed by atoms with Gasteiger partial charge in [0.2, 0.25) is 5.91 Å². The average Bonchev–Trinajstić information content (AvgIpc) is 3.04. The summed E-state index contributed by atoms with van der Waals surface area (Å²) in [5, 5.41) is 2.31. The van der Waals surface area contributed by atoms with Crippen molar-refractivity contribution < 1.29 is 19.1 Å². The number of rotatable bonds is 5. The second-order valence-electron chi connectivity index (χ2n) is 7.81. The number of anilines is 2. The molecule has 0 aliphatic carbocycles. The number of carbonyl (C=O) groups is 3. The maximum atomic E-state index is 12.7. The van der Waals surface area contributed by atoms with E-state index in [0.717, 1.165) is 52.1 Å². The van der Waals surface area contributed by atoms with Crippen LogP contribution in [-0.2, 0) is 14.3 Å². The zero-order valence-corrected chi connectivity index (χ0v) is 18.9. The van der Waals surface area contributed by atoms with Gasteiger partial charge in [0, 0.05) is 24.5 Å². The SMILES string of the molecule is Cc1ccc(NC(=O)CN2C(=O)SC(=Cc3ccc(N4CCOCC4)cc3)C2=O)cc1C. The van der Waals surface area contributed by atoms with Crippen molar-refractivity contribution in [1.29, 1.82) is 0 Å². The third-order valence-corrected chi connectivity index (χ3v) is 6.44. The van der Waals surface area contributed by atoms with Crippen LogP contribution in [0.3, 0.4) is 0 Å². The number of carbonyl (C=O) groups excluding carboxylic acids is 3. The Labute approximate surface area is 191 Å². The fourth-order valence-electron chi connectivity index (χ4n) is 3.55. The second-order valence-corrected chi connectivity index (χ2v) is 8.80. The number of thioether (sulfide) groups is 1. The number of hydrogen-bond donors (Lipinski definition) is 1. The summed E-state index contributed by atoms with van der Waals surface area (Å²) < 4.78 is 5.38. The summed E-state index contributed by atoms with van der Waals surface area (Å²) in [5.41, 5.74) is 4.74. The molecular weight excluding hydrogens is 426 g/mol. The molecule has 0 aromatic heterocycles. The van der Waals surface area contributed by atoms with Gasteiger partial charge < -0.3 is 15.0 Å². The first kappa shape index (κ1) is 22.1. The van der Waals surface area contributed by atoms with Gasteiger partial charge in [0.25, 0.3) is 11.1 Å². The summed E-state index contributed by atoms with van der Waals surface area (Å²) in [6.07, 6.45) is 1.69. The van der Waals surface area contributed by atoms with E-state index >= 15 is 0 Å². The number of aryl methyl sites for hydroxylation is 2. The number of hydrogen-bond acceptors (Lipinski definition) is 6. The van der Waals surface area contributed by atoms with Gasteiger partial charge in [0.1, 0.15) is 6.54 Å². The summed E-state index contributed by atoms with van der Waals surface area (Å²) in [6, 6.07) is 13.4. The van der Waals surface area contributed by atoms with Crippen LogP contribution < -0.4 is 10.2 Å². The van der Waals surface area contributed by atoms with Crippen molar-refractivity contribution in [2.45, 2.75) is 13.8 Å². The average molecular weight is 452 g/mol. The first-order valence-corrected chi connectivity index (χ1v) is 11.3. The van der Waals surface area contributed by atoms with Gasteiger partial charge in [-0.25, -0.2) is 0 Å². The highest BCUT2D eigenvalue weighted by molar-refractivity contribution is 8.18. The minimum atomic E-state index is -0.451. The molecule has 2 heterocycles. The molecule has 8 heteroatoms. The maximum Gasteiger partial charge on any atom is 0.294 e. The summed E-state index contributed by atoms with van der Waals surface area (Å²) in [4.78, 5) is 41.0. The van der Waals surface area contributed by atoms with E-state index in [2.05, 4.69) is 10.2 Å². The zero-order chi connectivity index (χ0) is 22.7. The number of benzene rings is 2. The van der Waals surface area contributed by atoms with Crippen LogP contribution in [0, 0.1) is 13.8 Å². The van der Waals surface area contributed by atoms with Crippen LogP contribution in [-0.4, -0.2) is 54.8 Å². The van der Waals surface area contributed by atoms with E-state index in [0.29, 0.717) is 23.8 Å². The molecule has 0 bridgehead atoms. The summed E-state index contributed by atoms with van der Waals surface area (Å²) >= 11 is 0.853. The van der Waals surface area contributed by atoms with Crippen LogP contribution in [0.1, 0.15) is 16.7 Å². The van der Waals surface area contributed by atoms with Gasteiger partial charge in [-0.3, -0.25) is 19.3 Å². The van der Waals surface area contributed by atoms with E-state index in [4.69, 9.17) is 4.74 Å². The lowest BCUT2D eigenvalue weighted by Gasteiger charge is -2.28. The molecule has 166 valence electrons. The molecule has 1 N–H and O–H groups in total. The lowest BCUT2D eigenvalue weighted by molar-refractivity contribution is -0.127. The van der Waals surface area contributed by atoms with Gasteiger partial charge in [0.15, 0.2) is 0 Å². The molecule has 3 amide bonds. The van der Waals surface area contributed by atoms with Crippen LogP contribution in [0.25, 0.3) is 6.08 Å². The van der Waals surface area contributed by atoms with Gasteiger partial charge >= 0.3 is 0 Å². The van der Waals surface area contributed by atoms with Gasteiger partial charge in [-0.15, -0.1) is 0 Å². The lowest BCUT2D eigenvalue weighted by Crippen LogP contribution is -2.36. The Balaban J connectivity index is 1.40. The predicted molar refractivity (Wildman–Crippen MR) is 127 cm³/mol. The van der Waals surface area contributed by atoms with Crippen LogP contribution in [0.4, 0.5) is 16.2 Å². The van der Waals surface area contributed by atoms with Crippen molar-refractivity contribution in [2.75, 3.05) is 43.1 Å². The van der Waals surface area contributed by atoms with E-state index in [9.17, 15) is 14.4 Å². The Morgan fingerprint density at radius 2 is 1.78 bits per heavy atom. The number of ether oxygens (including phenoxy) is 1. The van der Waals surface area contributed by atoms with Gasteiger partial charge in [-0.1, -0.05) is 18.2 Å². The quantitative estimate of drug-likeness (QED) is 0.697. The monoisotopic (exact) mass is 451 g/mol. The van der Waals surface area contributed by atoms with E-state index in [1.165, 1.54) is 0 Å². The summed E-state index contributed by atoms with van der Waals surface area (Å²) in [7, 11) is 0. The minimum absolute atomic E-state index is 0.313. The van der Waals surface area contributed by atoms with Crippen LogP contribution in [0.15, 0.2) is 47.4 Å². The summed E-state index contributed by atoms with van der Waals surface area (Å²) in [5.74, 6) is -0.862. The van der Waals surface area contributed by atoms with Crippen LogP contribution >= 0.6 is 11.8 Å². The van der Waals surface area contributed by atoms with E-state index in [1.54, 1.807) is 12.1 Å². The molecule has 2 saturated heterocycles. The van der Waals surface area contributed by atoms with Gasteiger partial charge in [-0.05, 0) is 72.6 Å². The fraction of sp³-hybridized carbons (Fsp3) is 0.292. The third-order valence-electron chi connectivity index (χ3n) is 5.53. The third kappa shape index (κ3) is 5.03. The van der Waals surface area contributed by atoms with E-state index in [-0.39, 0.29) is 6.54 Å². The number of morpholine rings is 1. The smallest absolute Gasteiger partial charge is 0.294 e. The number of imide groups is 1. The molecule has 2 aromatic rings. The lowest BCUT2D eigenvalue weighted by atomic mass is 10.1. The molecule has 0 spiro atoms. The Morgan fingerprint density at radius 1 is 1.06 bits per heavy atom. The van der Waals surface area contributed by atoms with Crippen LogP contribution in [0.2, 0.25) is 0 Å². The van der Waals surface area contributed by atoms with Crippen molar-refractivity contribution in [3.63, 3.8) is 0 Å². The molecular formula is C24H25N3O4S. The molecule has 2 aliphatic rings. The van der Waals surface area contributed by atoms with Crippen molar-refractivity contribution in [3.8, 4) is 0 Å². The molecule has 0 atom stereocenters. The number of nitrogens with one attached hydrogen (secondary N) is 1. The van der Waals surface area contributed by atoms with Crippen molar-refractivity contribution in [1.82, 2.24) is 4.90 Å². The van der Waals surface area contributed by atoms with Gasteiger partial charge in [-0.2, -0.15) is 0 Å². The molecule has 4 rings (SSSR count). The molecule has 0 unspecified atom stereocenters. The van der Waals surface area contributed by atoms with Crippen molar-refractivity contribution in [3.05, 3.63) is 64.1 Å². The number of nitrogens with zero attached hydrogens (tertiary/aromatic N) is 2. The Morgan fingerprint density at radius 3 is 2.47 bits per heavy atom. The van der Waals surface area contributed by atoms with Crippen LogP contribution in [0.5, 0.6) is 0 Å². The van der Waals surface area contributed by atoms with Gasteiger partial charge in [0.05, 0.1) is 18.1 Å². The van der Waals surface area contributed by atoms with Crippen molar-refractivity contribution >= 4 is 46.3 Å². The normalized spacial score (nSPS) is 17.9. The molecule has 2 aliphatic heterocycles. The molecule has 0 saturated carbocycles. The standard InChI is InChI=1S/C24H25N3O4S/c1-16-3-6-19(13-17(16)2)25-22(28)15-27-23(29)21(32-24(27)30)14-18-4-7-20(8-5-18)26-9-11-31-12-10-26/h3-8,13-14H,9-12,15H2,1-2H3,(H,25,28).